The van der Waals surface area contributed by atoms with Gasteiger partial charge in [0, 0.05) is 17.7 Å². The first kappa shape index (κ1) is 11.6. The standard InChI is InChI=1S/C13H17N3O/c1-9(2)6-7-12-15-13(16-17-12)10-4-3-5-11(14)8-10/h3-5,8-9H,6-7,14H2,1-2H3. The molecule has 2 N–H and O–H groups in total. The average molecular weight is 231 g/mol. The maximum Gasteiger partial charge on any atom is 0.226 e. The lowest BCUT2D eigenvalue weighted by Gasteiger charge is -1.98. The summed E-state index contributed by atoms with van der Waals surface area (Å²) in [6.07, 6.45) is 1.88. The molecule has 0 bridgehead atoms. The first-order chi connectivity index (χ1) is 8.15. The smallest absolute Gasteiger partial charge is 0.226 e. The highest BCUT2D eigenvalue weighted by atomic mass is 16.5. The number of benzene rings is 1. The van der Waals surface area contributed by atoms with Crippen LogP contribution in [0, 0.1) is 5.92 Å². The molecule has 0 aliphatic rings. The Hall–Kier alpha value is -1.84. The molecule has 1 aromatic heterocycles. The van der Waals surface area contributed by atoms with E-state index in [0.29, 0.717) is 23.3 Å². The molecule has 0 saturated heterocycles. The number of hydrogen-bond acceptors (Lipinski definition) is 4. The molecule has 0 fully saturated rings. The van der Waals surface area contributed by atoms with Crippen molar-refractivity contribution in [1.82, 2.24) is 10.1 Å². The van der Waals surface area contributed by atoms with Gasteiger partial charge in [-0.25, -0.2) is 0 Å². The second-order valence-electron chi connectivity index (χ2n) is 4.57. The van der Waals surface area contributed by atoms with Crippen LogP contribution in [0.4, 0.5) is 5.69 Å². The van der Waals surface area contributed by atoms with E-state index in [2.05, 4.69) is 24.0 Å². The van der Waals surface area contributed by atoms with Crippen LogP contribution in [0.5, 0.6) is 0 Å². The summed E-state index contributed by atoms with van der Waals surface area (Å²) in [5, 5.41) is 3.96. The summed E-state index contributed by atoms with van der Waals surface area (Å²) in [7, 11) is 0. The largest absolute Gasteiger partial charge is 0.399 e. The third kappa shape index (κ3) is 3.06. The third-order valence-electron chi connectivity index (χ3n) is 2.55. The molecule has 4 nitrogen and oxygen atoms in total. The molecule has 17 heavy (non-hydrogen) atoms. The topological polar surface area (TPSA) is 64.9 Å². The van der Waals surface area contributed by atoms with E-state index in [1.807, 2.05) is 24.3 Å². The second kappa shape index (κ2) is 4.99. The van der Waals surface area contributed by atoms with E-state index in [4.69, 9.17) is 10.3 Å². The second-order valence-corrected chi connectivity index (χ2v) is 4.57. The minimum absolute atomic E-state index is 0.607. The number of nitrogens with zero attached hydrogens (tertiary/aromatic N) is 2. The first-order valence-electron chi connectivity index (χ1n) is 5.83. The molecular weight excluding hydrogens is 214 g/mol. The van der Waals surface area contributed by atoms with Crippen LogP contribution in [-0.2, 0) is 6.42 Å². The third-order valence-corrected chi connectivity index (χ3v) is 2.55. The van der Waals surface area contributed by atoms with Crippen molar-refractivity contribution in [3.05, 3.63) is 30.2 Å². The fraction of sp³-hybridized carbons (Fsp3) is 0.385. The summed E-state index contributed by atoms with van der Waals surface area (Å²) < 4.78 is 5.21. The quantitative estimate of drug-likeness (QED) is 0.822. The van der Waals surface area contributed by atoms with Crippen molar-refractivity contribution in [2.45, 2.75) is 26.7 Å². The number of nitrogen functional groups attached to an aromatic ring is 1. The molecule has 90 valence electrons. The van der Waals surface area contributed by atoms with E-state index >= 15 is 0 Å². The fourth-order valence-electron chi connectivity index (χ4n) is 1.56. The van der Waals surface area contributed by atoms with Gasteiger partial charge in [-0.1, -0.05) is 31.1 Å². The van der Waals surface area contributed by atoms with Gasteiger partial charge >= 0.3 is 0 Å². The van der Waals surface area contributed by atoms with Crippen molar-refractivity contribution < 1.29 is 4.52 Å². The Morgan fingerprint density at radius 2 is 2.18 bits per heavy atom. The van der Waals surface area contributed by atoms with Crippen molar-refractivity contribution in [3.63, 3.8) is 0 Å². The highest BCUT2D eigenvalue weighted by Crippen LogP contribution is 2.19. The number of aryl methyl sites for hydroxylation is 1. The van der Waals surface area contributed by atoms with Crippen LogP contribution >= 0.6 is 0 Å². The highest BCUT2D eigenvalue weighted by molar-refractivity contribution is 5.60. The lowest BCUT2D eigenvalue weighted by atomic mass is 10.1. The molecule has 0 amide bonds. The van der Waals surface area contributed by atoms with Gasteiger partial charge in [0.05, 0.1) is 0 Å². The van der Waals surface area contributed by atoms with Gasteiger partial charge in [-0.2, -0.15) is 4.98 Å². The van der Waals surface area contributed by atoms with Gasteiger partial charge in [-0.15, -0.1) is 0 Å². The van der Waals surface area contributed by atoms with Crippen LogP contribution in [0.2, 0.25) is 0 Å². The van der Waals surface area contributed by atoms with Crippen LogP contribution in [0.25, 0.3) is 11.4 Å². The van der Waals surface area contributed by atoms with Crippen LogP contribution in [0.1, 0.15) is 26.2 Å². The maximum atomic E-state index is 5.71. The predicted octanol–water partition coefficient (Wildman–Crippen LogP) is 2.91. The van der Waals surface area contributed by atoms with E-state index in [1.54, 1.807) is 0 Å². The summed E-state index contributed by atoms with van der Waals surface area (Å²) in [5.41, 5.74) is 7.31. The minimum Gasteiger partial charge on any atom is -0.399 e. The Bertz CT molecular complexity index is 491. The monoisotopic (exact) mass is 231 g/mol. The van der Waals surface area contributed by atoms with Gasteiger partial charge in [0.2, 0.25) is 11.7 Å². The van der Waals surface area contributed by atoms with E-state index in [1.165, 1.54) is 0 Å². The average Bonchev–Trinajstić information content (AvgIpc) is 2.75. The van der Waals surface area contributed by atoms with Gasteiger partial charge in [0.1, 0.15) is 0 Å². The van der Waals surface area contributed by atoms with Crippen LogP contribution < -0.4 is 5.73 Å². The maximum absolute atomic E-state index is 5.71. The molecule has 4 heteroatoms. The summed E-state index contributed by atoms with van der Waals surface area (Å²) in [5.74, 6) is 1.94. The van der Waals surface area contributed by atoms with Gasteiger partial charge in [0.15, 0.2) is 0 Å². The fourth-order valence-corrected chi connectivity index (χ4v) is 1.56. The summed E-state index contributed by atoms with van der Waals surface area (Å²) in [4.78, 5) is 4.36. The van der Waals surface area contributed by atoms with Crippen LogP contribution in [0.3, 0.4) is 0 Å². The molecule has 0 unspecified atom stereocenters. The van der Waals surface area contributed by atoms with Crippen molar-refractivity contribution in [3.8, 4) is 11.4 Å². The number of nitrogens with two attached hydrogens (primary N) is 1. The Balaban J connectivity index is 2.12. The highest BCUT2D eigenvalue weighted by Gasteiger charge is 2.09. The van der Waals surface area contributed by atoms with E-state index < -0.39 is 0 Å². The number of aromatic nitrogens is 2. The van der Waals surface area contributed by atoms with E-state index in [9.17, 15) is 0 Å². The normalized spacial score (nSPS) is 11.0. The van der Waals surface area contributed by atoms with Crippen LogP contribution in [0.15, 0.2) is 28.8 Å². The molecule has 0 aliphatic heterocycles. The molecule has 0 aliphatic carbocycles. The Labute approximate surface area is 101 Å². The number of rotatable bonds is 4. The Morgan fingerprint density at radius 3 is 2.88 bits per heavy atom. The molecule has 0 saturated carbocycles. The van der Waals surface area contributed by atoms with Gasteiger partial charge in [-0.3, -0.25) is 0 Å². The summed E-state index contributed by atoms with van der Waals surface area (Å²) >= 11 is 0. The van der Waals surface area contributed by atoms with Crippen molar-refractivity contribution in [2.75, 3.05) is 5.73 Å². The van der Waals surface area contributed by atoms with E-state index in [0.717, 1.165) is 18.4 Å². The predicted molar refractivity (Wildman–Crippen MR) is 67.3 cm³/mol. The SMILES string of the molecule is CC(C)CCc1nc(-c2cccc(N)c2)no1. The van der Waals surface area contributed by atoms with E-state index in [-0.39, 0.29) is 0 Å². The van der Waals surface area contributed by atoms with Gasteiger partial charge in [0.25, 0.3) is 0 Å². The summed E-state index contributed by atoms with van der Waals surface area (Å²) in [6.45, 7) is 4.35. The lowest BCUT2D eigenvalue weighted by molar-refractivity contribution is 0.368. The number of anilines is 1. The first-order valence-corrected chi connectivity index (χ1v) is 5.83. The van der Waals surface area contributed by atoms with Crippen molar-refractivity contribution >= 4 is 5.69 Å². The van der Waals surface area contributed by atoms with Gasteiger partial charge < -0.3 is 10.3 Å². The van der Waals surface area contributed by atoms with Gasteiger partial charge in [-0.05, 0) is 24.5 Å². The molecular formula is C13H17N3O. The zero-order valence-electron chi connectivity index (χ0n) is 10.2. The molecule has 1 heterocycles. The molecule has 0 spiro atoms. The van der Waals surface area contributed by atoms with Crippen molar-refractivity contribution in [1.29, 1.82) is 0 Å². The Morgan fingerprint density at radius 1 is 1.35 bits per heavy atom. The zero-order valence-corrected chi connectivity index (χ0v) is 10.2. The lowest BCUT2D eigenvalue weighted by Crippen LogP contribution is -1.92. The molecule has 2 aromatic rings. The number of hydrogen-bond donors (Lipinski definition) is 1. The van der Waals surface area contributed by atoms with Crippen LogP contribution in [-0.4, -0.2) is 10.1 Å². The molecule has 1 aromatic carbocycles. The minimum atomic E-state index is 0.607. The molecule has 2 rings (SSSR count). The molecule has 0 atom stereocenters. The zero-order chi connectivity index (χ0) is 12.3. The van der Waals surface area contributed by atoms with Crippen molar-refractivity contribution in [2.24, 2.45) is 5.92 Å². The summed E-state index contributed by atoms with van der Waals surface area (Å²) in [6, 6.07) is 7.49. The molecule has 0 radical (unpaired) electrons. The Kier molecular flexibility index (Phi) is 3.42.